The van der Waals surface area contributed by atoms with Crippen LogP contribution in [-0.4, -0.2) is 48.7 Å². The number of esters is 1. The standard InChI is InChI=1S/C13H18N4O2/c1-2-19-11(18)10-6-14-7-13(10)8-17(9-13)12-15-4-3-5-16-12/h3-5,10,14H,2,6-9H2,1H3. The number of aromatic nitrogens is 2. The number of hydrogen-bond acceptors (Lipinski definition) is 6. The van der Waals surface area contributed by atoms with E-state index >= 15 is 0 Å². The van der Waals surface area contributed by atoms with Crippen LogP contribution in [0.2, 0.25) is 0 Å². The summed E-state index contributed by atoms with van der Waals surface area (Å²) >= 11 is 0. The summed E-state index contributed by atoms with van der Waals surface area (Å²) in [6.45, 7) is 5.48. The summed E-state index contributed by atoms with van der Waals surface area (Å²) in [6.07, 6.45) is 3.48. The summed E-state index contributed by atoms with van der Waals surface area (Å²) in [6, 6.07) is 1.80. The number of nitrogens with zero attached hydrogens (tertiary/aromatic N) is 3. The maximum Gasteiger partial charge on any atom is 0.310 e. The van der Waals surface area contributed by atoms with Gasteiger partial charge in [0, 0.05) is 44.0 Å². The molecule has 1 spiro atoms. The molecule has 1 unspecified atom stereocenters. The molecule has 3 rings (SSSR count). The van der Waals surface area contributed by atoms with Crippen LogP contribution >= 0.6 is 0 Å². The first-order valence-corrected chi connectivity index (χ1v) is 6.64. The Hall–Kier alpha value is -1.69. The van der Waals surface area contributed by atoms with Crippen LogP contribution in [0.1, 0.15) is 6.92 Å². The zero-order valence-corrected chi connectivity index (χ0v) is 11.0. The molecule has 1 N–H and O–H groups in total. The van der Waals surface area contributed by atoms with Crippen LogP contribution in [0.15, 0.2) is 18.5 Å². The van der Waals surface area contributed by atoms with Crippen molar-refractivity contribution in [2.75, 3.05) is 37.7 Å². The molecule has 2 aliphatic rings. The van der Waals surface area contributed by atoms with Crippen molar-refractivity contribution in [3.05, 3.63) is 18.5 Å². The van der Waals surface area contributed by atoms with Crippen LogP contribution < -0.4 is 10.2 Å². The minimum absolute atomic E-state index is 0.00848. The monoisotopic (exact) mass is 262 g/mol. The molecule has 1 aromatic heterocycles. The highest BCUT2D eigenvalue weighted by molar-refractivity contribution is 5.75. The summed E-state index contributed by atoms with van der Waals surface area (Å²) in [7, 11) is 0. The van der Waals surface area contributed by atoms with Gasteiger partial charge in [-0.15, -0.1) is 0 Å². The van der Waals surface area contributed by atoms with E-state index in [-0.39, 0.29) is 17.3 Å². The van der Waals surface area contributed by atoms with Crippen LogP contribution in [-0.2, 0) is 9.53 Å². The Labute approximate surface area is 112 Å². The van der Waals surface area contributed by atoms with Gasteiger partial charge in [0.1, 0.15) is 0 Å². The number of ether oxygens (including phenoxy) is 1. The first kappa shape index (κ1) is 12.3. The molecule has 19 heavy (non-hydrogen) atoms. The molecule has 6 heteroatoms. The summed E-state index contributed by atoms with van der Waals surface area (Å²) in [5.74, 6) is 0.608. The van der Waals surface area contributed by atoms with Gasteiger partial charge >= 0.3 is 5.97 Å². The third kappa shape index (κ3) is 2.06. The molecule has 0 aromatic carbocycles. The van der Waals surface area contributed by atoms with Gasteiger partial charge in [-0.25, -0.2) is 9.97 Å². The van der Waals surface area contributed by atoms with Gasteiger partial charge in [-0.2, -0.15) is 0 Å². The Morgan fingerprint density at radius 3 is 2.95 bits per heavy atom. The van der Waals surface area contributed by atoms with E-state index in [2.05, 4.69) is 20.2 Å². The van der Waals surface area contributed by atoms with E-state index in [0.29, 0.717) is 13.2 Å². The van der Waals surface area contributed by atoms with Crippen molar-refractivity contribution in [1.29, 1.82) is 0 Å². The van der Waals surface area contributed by atoms with E-state index in [1.54, 1.807) is 18.5 Å². The van der Waals surface area contributed by atoms with E-state index in [1.807, 2.05) is 6.92 Å². The highest BCUT2D eigenvalue weighted by Gasteiger charge is 2.55. The van der Waals surface area contributed by atoms with Crippen LogP contribution in [0.5, 0.6) is 0 Å². The van der Waals surface area contributed by atoms with Gasteiger partial charge in [0.2, 0.25) is 5.95 Å². The highest BCUT2D eigenvalue weighted by Crippen LogP contribution is 2.42. The zero-order chi connectivity index (χ0) is 13.3. The van der Waals surface area contributed by atoms with Crippen molar-refractivity contribution >= 4 is 11.9 Å². The molecule has 0 aliphatic carbocycles. The normalized spacial score (nSPS) is 24.3. The molecule has 2 fully saturated rings. The molecule has 0 radical (unpaired) electrons. The minimum Gasteiger partial charge on any atom is -0.466 e. The van der Waals surface area contributed by atoms with Crippen LogP contribution in [0, 0.1) is 11.3 Å². The molecule has 0 bridgehead atoms. The van der Waals surface area contributed by atoms with Crippen LogP contribution in [0.3, 0.4) is 0 Å². The molecule has 1 aromatic rings. The molecule has 102 valence electrons. The largest absolute Gasteiger partial charge is 0.466 e. The number of nitrogens with one attached hydrogen (secondary N) is 1. The average molecular weight is 262 g/mol. The fourth-order valence-electron chi connectivity index (χ4n) is 3.02. The second kappa shape index (κ2) is 4.77. The van der Waals surface area contributed by atoms with E-state index in [9.17, 15) is 4.79 Å². The predicted octanol–water partition coefficient (Wildman–Crippen LogP) is 0.0655. The summed E-state index contributed by atoms with van der Waals surface area (Å²) in [4.78, 5) is 22.6. The molecule has 6 nitrogen and oxygen atoms in total. The predicted molar refractivity (Wildman–Crippen MR) is 69.7 cm³/mol. The maximum absolute atomic E-state index is 12.0. The summed E-state index contributed by atoms with van der Waals surface area (Å²) < 4.78 is 5.17. The van der Waals surface area contributed by atoms with Gasteiger partial charge in [-0.3, -0.25) is 4.79 Å². The van der Waals surface area contributed by atoms with Gasteiger partial charge < -0.3 is 15.0 Å². The van der Waals surface area contributed by atoms with Crippen molar-refractivity contribution < 1.29 is 9.53 Å². The number of carbonyl (C=O) groups is 1. The fraction of sp³-hybridized carbons (Fsp3) is 0.615. The number of anilines is 1. The summed E-state index contributed by atoms with van der Waals surface area (Å²) in [5, 5.41) is 3.31. The van der Waals surface area contributed by atoms with Gasteiger partial charge in [-0.1, -0.05) is 0 Å². The Bertz CT molecular complexity index is 459. The lowest BCUT2D eigenvalue weighted by molar-refractivity contribution is -0.151. The minimum atomic E-state index is -0.0823. The third-order valence-corrected chi connectivity index (χ3v) is 3.98. The van der Waals surface area contributed by atoms with Gasteiger partial charge in [-0.05, 0) is 13.0 Å². The molecule has 1 atom stereocenters. The van der Waals surface area contributed by atoms with Crippen molar-refractivity contribution in [2.24, 2.45) is 11.3 Å². The summed E-state index contributed by atoms with van der Waals surface area (Å²) in [5.41, 5.74) is -0.00848. The number of carbonyl (C=O) groups excluding carboxylic acids is 1. The maximum atomic E-state index is 12.0. The molecular formula is C13H18N4O2. The molecule has 2 aliphatic heterocycles. The Kier molecular flexibility index (Phi) is 3.10. The number of rotatable bonds is 3. The zero-order valence-electron chi connectivity index (χ0n) is 11.0. The Morgan fingerprint density at radius 1 is 1.53 bits per heavy atom. The average Bonchev–Trinajstić information content (AvgIpc) is 2.83. The quantitative estimate of drug-likeness (QED) is 0.777. The Morgan fingerprint density at radius 2 is 2.26 bits per heavy atom. The fourth-order valence-corrected chi connectivity index (χ4v) is 3.02. The van der Waals surface area contributed by atoms with E-state index in [4.69, 9.17) is 4.74 Å². The topological polar surface area (TPSA) is 67.3 Å². The molecule has 0 saturated carbocycles. The smallest absolute Gasteiger partial charge is 0.310 e. The Balaban J connectivity index is 1.68. The second-order valence-electron chi connectivity index (χ2n) is 5.20. The second-order valence-corrected chi connectivity index (χ2v) is 5.20. The highest BCUT2D eigenvalue weighted by atomic mass is 16.5. The van der Waals surface area contributed by atoms with Crippen LogP contribution in [0.25, 0.3) is 0 Å². The molecule has 3 heterocycles. The first-order valence-electron chi connectivity index (χ1n) is 6.64. The van der Waals surface area contributed by atoms with Crippen molar-refractivity contribution in [1.82, 2.24) is 15.3 Å². The van der Waals surface area contributed by atoms with Crippen molar-refractivity contribution in [3.63, 3.8) is 0 Å². The molecule has 2 saturated heterocycles. The SMILES string of the molecule is CCOC(=O)C1CNCC12CN(c1ncccn1)C2. The van der Waals surface area contributed by atoms with E-state index in [1.165, 1.54) is 0 Å². The van der Waals surface area contributed by atoms with Crippen molar-refractivity contribution in [2.45, 2.75) is 6.92 Å². The van der Waals surface area contributed by atoms with Crippen molar-refractivity contribution in [3.8, 4) is 0 Å². The lowest BCUT2D eigenvalue weighted by Gasteiger charge is -2.50. The van der Waals surface area contributed by atoms with E-state index in [0.717, 1.165) is 25.6 Å². The molecular weight excluding hydrogens is 244 g/mol. The van der Waals surface area contributed by atoms with Gasteiger partial charge in [0.05, 0.1) is 12.5 Å². The molecule has 0 amide bonds. The third-order valence-electron chi connectivity index (χ3n) is 3.98. The van der Waals surface area contributed by atoms with Gasteiger partial charge in [0.15, 0.2) is 0 Å². The van der Waals surface area contributed by atoms with Crippen LogP contribution in [0.4, 0.5) is 5.95 Å². The van der Waals surface area contributed by atoms with Gasteiger partial charge in [0.25, 0.3) is 0 Å². The lowest BCUT2D eigenvalue weighted by atomic mass is 9.71. The van der Waals surface area contributed by atoms with E-state index < -0.39 is 0 Å². The first-order chi connectivity index (χ1) is 9.25. The number of hydrogen-bond donors (Lipinski definition) is 1. The lowest BCUT2D eigenvalue weighted by Crippen LogP contribution is -2.62.